The van der Waals surface area contributed by atoms with Crippen molar-refractivity contribution in [2.45, 2.75) is 51.9 Å². The first-order chi connectivity index (χ1) is 7.83. The molecule has 2 nitrogen and oxygen atoms in total. The molecule has 18 heavy (non-hydrogen) atoms. The van der Waals surface area contributed by atoms with Crippen LogP contribution in [0.15, 0.2) is 0 Å². The Morgan fingerprint density at radius 1 is 0.722 bits per heavy atom. The van der Waals surface area contributed by atoms with Crippen molar-refractivity contribution in [1.82, 2.24) is 0 Å². The Kier molecular flexibility index (Phi) is 7.51. The van der Waals surface area contributed by atoms with E-state index in [4.69, 9.17) is 32.7 Å². The summed E-state index contributed by atoms with van der Waals surface area (Å²) in [5.41, 5.74) is -3.94. The Morgan fingerprint density at radius 3 is 1.06 bits per heavy atom. The van der Waals surface area contributed by atoms with Crippen molar-refractivity contribution in [2.75, 3.05) is 14.2 Å². The summed E-state index contributed by atoms with van der Waals surface area (Å²) in [5, 5.41) is -0.0823. The van der Waals surface area contributed by atoms with Gasteiger partial charge in [-0.3, -0.25) is 0 Å². The van der Waals surface area contributed by atoms with Crippen molar-refractivity contribution < 1.29 is 9.05 Å². The van der Waals surface area contributed by atoms with Gasteiger partial charge in [-0.2, -0.15) is 0 Å². The van der Waals surface area contributed by atoms with Crippen LogP contribution in [0.5, 0.6) is 0 Å². The molecule has 8 heteroatoms. The lowest BCUT2D eigenvalue weighted by Gasteiger charge is -2.36. The van der Waals surface area contributed by atoms with Gasteiger partial charge in [-0.1, -0.05) is 65.2 Å². The average molecular weight is 367 g/mol. The molecule has 0 rings (SSSR count). The minimum atomic E-state index is -1.97. The predicted octanol–water partition coefficient (Wildman–Crippen LogP) is 5.88. The van der Waals surface area contributed by atoms with Crippen LogP contribution in [0.3, 0.4) is 0 Å². The maximum Gasteiger partial charge on any atom is 0.135 e. The van der Waals surface area contributed by atoms with E-state index in [0.29, 0.717) is 0 Å². The van der Waals surface area contributed by atoms with E-state index in [0.717, 1.165) is 0 Å². The van der Waals surface area contributed by atoms with E-state index in [1.54, 1.807) is 35.0 Å². The zero-order valence-electron chi connectivity index (χ0n) is 12.3. The summed E-state index contributed by atoms with van der Waals surface area (Å²) in [6.07, 6.45) is 0. The molecule has 0 aromatic carbocycles. The third-order valence-electron chi connectivity index (χ3n) is 2.35. The molecular formula is C10H24O2P2S4. The van der Waals surface area contributed by atoms with Crippen molar-refractivity contribution in [3.05, 3.63) is 0 Å². The van der Waals surface area contributed by atoms with Crippen LogP contribution in [0.4, 0.5) is 0 Å². The van der Waals surface area contributed by atoms with E-state index in [2.05, 4.69) is 41.5 Å². The largest absolute Gasteiger partial charge is 0.344 e. The lowest BCUT2D eigenvalue weighted by atomic mass is 10.3. The summed E-state index contributed by atoms with van der Waals surface area (Å²) in [7, 11) is 6.66. The Hall–Kier alpha value is 1.92. The van der Waals surface area contributed by atoms with Crippen LogP contribution in [-0.2, 0) is 32.7 Å². The van der Waals surface area contributed by atoms with E-state index < -0.39 is 10.9 Å². The fourth-order valence-corrected chi connectivity index (χ4v) is 20.8. The zero-order valence-corrected chi connectivity index (χ0v) is 17.4. The highest BCUT2D eigenvalue weighted by molar-refractivity contribution is 9.18. The molecule has 0 spiro atoms. The zero-order chi connectivity index (χ0) is 14.8. The van der Waals surface area contributed by atoms with Gasteiger partial charge in [0.15, 0.2) is 0 Å². The minimum absolute atomic E-state index is 0.0411. The Labute approximate surface area is 130 Å². The SMILES string of the molecule is COP(=S)(SSP(=S)(OC)C(C)(C)C)C(C)(C)C. The summed E-state index contributed by atoms with van der Waals surface area (Å²) in [5.74, 6) is 0. The maximum absolute atomic E-state index is 5.73. The topological polar surface area (TPSA) is 18.5 Å². The first-order valence-electron chi connectivity index (χ1n) is 5.53. The normalized spacial score (nSPS) is 20.2. The van der Waals surface area contributed by atoms with Crippen LogP contribution in [0.2, 0.25) is 0 Å². The Bertz CT molecular complexity index is 335. The third-order valence-corrected chi connectivity index (χ3v) is 26.0. The average Bonchev–Trinajstić information content (AvgIpc) is 2.22. The van der Waals surface area contributed by atoms with Crippen molar-refractivity contribution in [3.63, 3.8) is 0 Å². The molecule has 0 radical (unpaired) electrons. The second kappa shape index (κ2) is 6.79. The molecule has 0 saturated heterocycles. The van der Waals surface area contributed by atoms with E-state index in [9.17, 15) is 0 Å². The molecule has 0 amide bonds. The van der Waals surface area contributed by atoms with Crippen LogP contribution in [0, 0.1) is 0 Å². The molecule has 0 bridgehead atoms. The van der Waals surface area contributed by atoms with Gasteiger partial charge in [0, 0.05) is 24.5 Å². The molecule has 0 aliphatic heterocycles. The molecule has 0 aliphatic carbocycles. The molecule has 0 saturated carbocycles. The van der Waals surface area contributed by atoms with Gasteiger partial charge in [0.25, 0.3) is 0 Å². The second-order valence-corrected chi connectivity index (χ2v) is 22.7. The van der Waals surface area contributed by atoms with E-state index in [-0.39, 0.29) is 10.3 Å². The fourth-order valence-electron chi connectivity index (χ4n) is 0.920. The summed E-state index contributed by atoms with van der Waals surface area (Å²) in [4.78, 5) is 0. The highest BCUT2D eigenvalue weighted by atomic mass is 33.5. The molecule has 0 aromatic heterocycles. The molecule has 2 atom stereocenters. The molecule has 2 unspecified atom stereocenters. The van der Waals surface area contributed by atoms with E-state index in [1.807, 2.05) is 0 Å². The van der Waals surface area contributed by atoms with Crippen LogP contribution in [0.25, 0.3) is 0 Å². The molecule has 110 valence electrons. The van der Waals surface area contributed by atoms with Gasteiger partial charge in [0.2, 0.25) is 0 Å². The first kappa shape index (κ1) is 19.9. The van der Waals surface area contributed by atoms with Crippen molar-refractivity contribution in [3.8, 4) is 0 Å². The molecule has 0 aliphatic rings. The van der Waals surface area contributed by atoms with E-state index >= 15 is 0 Å². The van der Waals surface area contributed by atoms with Gasteiger partial charge in [-0.05, 0) is 20.8 Å². The van der Waals surface area contributed by atoms with Crippen LogP contribution in [0.1, 0.15) is 41.5 Å². The first-order valence-corrected chi connectivity index (χ1v) is 14.3. The molecule has 0 aromatic rings. The Balaban J connectivity index is 5.06. The van der Waals surface area contributed by atoms with Crippen LogP contribution >= 0.6 is 31.8 Å². The van der Waals surface area contributed by atoms with Gasteiger partial charge < -0.3 is 9.05 Å². The predicted molar refractivity (Wildman–Crippen MR) is 97.3 cm³/mol. The van der Waals surface area contributed by atoms with Gasteiger partial charge >= 0.3 is 0 Å². The van der Waals surface area contributed by atoms with E-state index in [1.165, 1.54) is 0 Å². The lowest BCUT2D eigenvalue weighted by molar-refractivity contribution is 0.451. The number of rotatable bonds is 5. The Morgan fingerprint density at radius 2 is 0.944 bits per heavy atom. The summed E-state index contributed by atoms with van der Waals surface area (Å²) < 4.78 is 11.3. The van der Waals surface area contributed by atoms with Gasteiger partial charge in [0.05, 0.1) is 0 Å². The lowest BCUT2D eigenvalue weighted by Crippen LogP contribution is -2.15. The fraction of sp³-hybridized carbons (Fsp3) is 1.00. The third kappa shape index (κ3) is 4.73. The van der Waals surface area contributed by atoms with Crippen LogP contribution < -0.4 is 0 Å². The number of hydrogen-bond donors (Lipinski definition) is 0. The van der Waals surface area contributed by atoms with Crippen molar-refractivity contribution in [1.29, 1.82) is 0 Å². The maximum atomic E-state index is 5.73. The summed E-state index contributed by atoms with van der Waals surface area (Å²) in [6.45, 7) is 12.7. The standard InChI is InChI=1S/C10H24O2P2S4/c1-9(2,3)13(15,11-7)17-18-14(16,12-8)10(4,5)6/h1-8H3. The highest BCUT2D eigenvalue weighted by Gasteiger charge is 2.39. The van der Waals surface area contributed by atoms with Gasteiger partial charge in [-0.15, -0.1) is 0 Å². The molecular weight excluding hydrogens is 342 g/mol. The second-order valence-electron chi connectivity index (χ2n) is 5.85. The van der Waals surface area contributed by atoms with Crippen molar-refractivity contribution in [2.24, 2.45) is 0 Å². The molecule has 0 fully saturated rings. The summed E-state index contributed by atoms with van der Waals surface area (Å²) >= 11 is 11.5. The minimum Gasteiger partial charge on any atom is -0.344 e. The summed E-state index contributed by atoms with van der Waals surface area (Å²) in [6, 6.07) is 0. The quantitative estimate of drug-likeness (QED) is 0.444. The smallest absolute Gasteiger partial charge is 0.135 e. The van der Waals surface area contributed by atoms with Gasteiger partial charge in [0.1, 0.15) is 10.9 Å². The molecule has 0 N–H and O–H groups in total. The molecule has 0 heterocycles. The monoisotopic (exact) mass is 366 g/mol. The van der Waals surface area contributed by atoms with Crippen LogP contribution in [-0.4, -0.2) is 24.5 Å². The van der Waals surface area contributed by atoms with Crippen molar-refractivity contribution >= 4 is 55.4 Å². The van der Waals surface area contributed by atoms with Gasteiger partial charge in [-0.25, -0.2) is 0 Å². The highest BCUT2D eigenvalue weighted by Crippen LogP contribution is 2.82. The number of hydrogen-bond acceptors (Lipinski definition) is 6.